The third-order valence-electron chi connectivity index (χ3n) is 5.36. The highest BCUT2D eigenvalue weighted by molar-refractivity contribution is 4.94. The normalized spacial score (nSPS) is 32.9. The summed E-state index contributed by atoms with van der Waals surface area (Å²) in [5.74, 6) is 1.62. The molecule has 3 nitrogen and oxygen atoms in total. The molecule has 21 heavy (non-hydrogen) atoms. The molecule has 2 aliphatic rings. The van der Waals surface area contributed by atoms with Crippen molar-refractivity contribution in [3.8, 4) is 0 Å². The lowest BCUT2D eigenvalue weighted by Gasteiger charge is -2.34. The van der Waals surface area contributed by atoms with Crippen molar-refractivity contribution in [2.75, 3.05) is 13.2 Å². The minimum Gasteiger partial charge on any atom is -0.394 e. The van der Waals surface area contributed by atoms with Crippen LogP contribution in [0, 0.1) is 11.8 Å². The lowest BCUT2D eigenvalue weighted by Crippen LogP contribution is -2.49. The lowest BCUT2D eigenvalue weighted by molar-refractivity contribution is -0.00423. The molecule has 2 aliphatic carbocycles. The van der Waals surface area contributed by atoms with E-state index < -0.39 is 0 Å². The molecule has 0 aliphatic heterocycles. The van der Waals surface area contributed by atoms with E-state index in [1.807, 2.05) is 0 Å². The highest BCUT2D eigenvalue weighted by Gasteiger charge is 2.34. The van der Waals surface area contributed by atoms with Gasteiger partial charge in [0, 0.05) is 18.2 Å². The monoisotopic (exact) mass is 297 g/mol. The number of aliphatic hydroxyl groups excluding tert-OH is 1. The molecule has 2 fully saturated rings. The first kappa shape index (κ1) is 17.2. The van der Waals surface area contributed by atoms with Crippen molar-refractivity contribution in [2.24, 2.45) is 11.8 Å². The molecule has 3 heteroatoms. The van der Waals surface area contributed by atoms with E-state index in [2.05, 4.69) is 26.1 Å². The first-order chi connectivity index (χ1) is 10.1. The van der Waals surface area contributed by atoms with Gasteiger partial charge < -0.3 is 15.2 Å². The predicted molar refractivity (Wildman–Crippen MR) is 87.4 cm³/mol. The zero-order chi connectivity index (χ0) is 15.3. The van der Waals surface area contributed by atoms with Crippen LogP contribution in [0.25, 0.3) is 0 Å². The van der Waals surface area contributed by atoms with Gasteiger partial charge in [0.2, 0.25) is 0 Å². The van der Waals surface area contributed by atoms with Crippen molar-refractivity contribution in [1.29, 1.82) is 0 Å². The van der Waals surface area contributed by atoms with Crippen LogP contribution < -0.4 is 5.32 Å². The van der Waals surface area contributed by atoms with E-state index >= 15 is 0 Å². The molecule has 0 radical (unpaired) electrons. The molecule has 3 unspecified atom stereocenters. The van der Waals surface area contributed by atoms with Gasteiger partial charge in [-0.2, -0.15) is 0 Å². The molecule has 124 valence electrons. The molecule has 0 aromatic carbocycles. The average molecular weight is 297 g/mol. The largest absolute Gasteiger partial charge is 0.394 e. The van der Waals surface area contributed by atoms with Crippen LogP contribution in [0.4, 0.5) is 0 Å². The molecule has 0 heterocycles. The fraction of sp³-hybridized carbons (Fsp3) is 1.00. The molecule has 2 saturated carbocycles. The van der Waals surface area contributed by atoms with Crippen LogP contribution in [0.2, 0.25) is 0 Å². The van der Waals surface area contributed by atoms with E-state index in [1.54, 1.807) is 0 Å². The Kier molecular flexibility index (Phi) is 6.51. The van der Waals surface area contributed by atoms with Crippen LogP contribution in [0.15, 0.2) is 0 Å². The van der Waals surface area contributed by atoms with Crippen LogP contribution in [0.3, 0.4) is 0 Å². The van der Waals surface area contributed by atoms with Crippen LogP contribution >= 0.6 is 0 Å². The Balaban J connectivity index is 1.67. The molecule has 0 bridgehead atoms. The summed E-state index contributed by atoms with van der Waals surface area (Å²) in [6.45, 7) is 7.96. The summed E-state index contributed by atoms with van der Waals surface area (Å²) in [4.78, 5) is 0. The fourth-order valence-electron chi connectivity index (χ4n) is 3.92. The van der Waals surface area contributed by atoms with E-state index in [0.717, 1.165) is 37.7 Å². The van der Waals surface area contributed by atoms with Crippen molar-refractivity contribution in [3.05, 3.63) is 0 Å². The smallest absolute Gasteiger partial charge is 0.0613 e. The number of aliphatic hydroxyl groups is 1. The Morgan fingerprint density at radius 1 is 1.14 bits per heavy atom. The minimum absolute atomic E-state index is 0.0718. The SMILES string of the molecule is CCC(CO)(CCCOC1CC(C)CC(C)C1)NC1CC1. The Morgan fingerprint density at radius 3 is 2.33 bits per heavy atom. The van der Waals surface area contributed by atoms with Gasteiger partial charge in [0.15, 0.2) is 0 Å². The first-order valence-electron chi connectivity index (χ1n) is 9.07. The molecule has 2 rings (SSSR count). The van der Waals surface area contributed by atoms with Gasteiger partial charge >= 0.3 is 0 Å². The lowest BCUT2D eigenvalue weighted by atomic mass is 9.82. The third kappa shape index (κ3) is 5.54. The second-order valence-corrected chi connectivity index (χ2v) is 7.72. The summed E-state index contributed by atoms with van der Waals surface area (Å²) >= 11 is 0. The van der Waals surface area contributed by atoms with Gasteiger partial charge in [0.1, 0.15) is 0 Å². The standard InChI is InChI=1S/C18H35NO2/c1-4-18(13-20,19-16-6-7-16)8-5-9-21-17-11-14(2)10-15(3)12-17/h14-17,19-20H,4-13H2,1-3H3. The van der Waals surface area contributed by atoms with Gasteiger partial charge in [-0.05, 0) is 63.2 Å². The average Bonchev–Trinajstić information content (AvgIpc) is 3.25. The van der Waals surface area contributed by atoms with Crippen molar-refractivity contribution in [1.82, 2.24) is 5.32 Å². The summed E-state index contributed by atoms with van der Waals surface area (Å²) in [5.41, 5.74) is -0.0718. The van der Waals surface area contributed by atoms with Crippen molar-refractivity contribution < 1.29 is 9.84 Å². The summed E-state index contributed by atoms with van der Waals surface area (Å²) in [7, 11) is 0. The first-order valence-corrected chi connectivity index (χ1v) is 9.07. The molecule has 0 aromatic heterocycles. The second kappa shape index (κ2) is 7.94. The molecule has 0 saturated heterocycles. The van der Waals surface area contributed by atoms with Gasteiger partial charge in [-0.3, -0.25) is 0 Å². The number of hydrogen-bond donors (Lipinski definition) is 2. The molecule has 0 aromatic rings. The molecule has 3 atom stereocenters. The van der Waals surface area contributed by atoms with Crippen molar-refractivity contribution in [3.63, 3.8) is 0 Å². The van der Waals surface area contributed by atoms with Gasteiger partial charge in [-0.25, -0.2) is 0 Å². The highest BCUT2D eigenvalue weighted by Crippen LogP contribution is 2.31. The molecular weight excluding hydrogens is 262 g/mol. The Bertz CT molecular complexity index is 290. The second-order valence-electron chi connectivity index (χ2n) is 7.72. The summed E-state index contributed by atoms with van der Waals surface area (Å²) in [5, 5.41) is 13.4. The van der Waals surface area contributed by atoms with Crippen LogP contribution in [-0.4, -0.2) is 36.0 Å². The minimum atomic E-state index is -0.0718. The molecule has 2 N–H and O–H groups in total. The highest BCUT2D eigenvalue weighted by atomic mass is 16.5. The van der Waals surface area contributed by atoms with E-state index in [4.69, 9.17) is 4.74 Å². The maximum Gasteiger partial charge on any atom is 0.0613 e. The van der Waals surface area contributed by atoms with E-state index in [0.29, 0.717) is 12.1 Å². The molecule has 0 spiro atoms. The number of hydrogen-bond acceptors (Lipinski definition) is 3. The Hall–Kier alpha value is -0.120. The topological polar surface area (TPSA) is 41.5 Å². The zero-order valence-electron chi connectivity index (χ0n) is 14.2. The predicted octanol–water partition coefficient (Wildman–Crippen LogP) is 3.50. The van der Waals surface area contributed by atoms with E-state index in [-0.39, 0.29) is 12.1 Å². The zero-order valence-corrected chi connectivity index (χ0v) is 14.2. The molecule has 0 amide bonds. The van der Waals surface area contributed by atoms with E-state index in [9.17, 15) is 5.11 Å². The van der Waals surface area contributed by atoms with Gasteiger partial charge in [-0.15, -0.1) is 0 Å². The number of nitrogens with one attached hydrogen (secondary N) is 1. The van der Waals surface area contributed by atoms with Crippen molar-refractivity contribution in [2.45, 2.75) is 89.8 Å². The van der Waals surface area contributed by atoms with Crippen LogP contribution in [-0.2, 0) is 4.74 Å². The Labute approximate surface area is 130 Å². The third-order valence-corrected chi connectivity index (χ3v) is 5.36. The molecular formula is C18H35NO2. The quantitative estimate of drug-likeness (QED) is 0.640. The maximum atomic E-state index is 9.77. The van der Waals surface area contributed by atoms with E-state index in [1.165, 1.54) is 32.1 Å². The number of rotatable bonds is 9. The van der Waals surface area contributed by atoms with Gasteiger partial charge in [0.05, 0.1) is 12.7 Å². The maximum absolute atomic E-state index is 9.77. The summed E-state index contributed by atoms with van der Waals surface area (Å²) in [6, 6.07) is 0.651. The number of ether oxygens (including phenoxy) is 1. The van der Waals surface area contributed by atoms with Crippen LogP contribution in [0.5, 0.6) is 0 Å². The Morgan fingerprint density at radius 2 is 1.81 bits per heavy atom. The van der Waals surface area contributed by atoms with Gasteiger partial charge in [0.25, 0.3) is 0 Å². The fourth-order valence-corrected chi connectivity index (χ4v) is 3.92. The van der Waals surface area contributed by atoms with Crippen molar-refractivity contribution >= 4 is 0 Å². The van der Waals surface area contributed by atoms with Crippen LogP contribution in [0.1, 0.15) is 72.1 Å². The van der Waals surface area contributed by atoms with Gasteiger partial charge in [-0.1, -0.05) is 20.8 Å². The summed E-state index contributed by atoms with van der Waals surface area (Å²) < 4.78 is 6.12. The summed E-state index contributed by atoms with van der Waals surface area (Å²) in [6.07, 6.45) is 9.89.